The molecule has 1 atom stereocenters. The second-order valence-corrected chi connectivity index (χ2v) is 3.91. The van der Waals surface area contributed by atoms with Crippen LogP contribution in [0.25, 0.3) is 0 Å². The molecule has 0 radical (unpaired) electrons. The number of nitrogens with one attached hydrogen (secondary N) is 1. The van der Waals surface area contributed by atoms with E-state index < -0.39 is 0 Å². The van der Waals surface area contributed by atoms with Crippen LogP contribution in [0.5, 0.6) is 0 Å². The van der Waals surface area contributed by atoms with E-state index in [2.05, 4.69) is 10.3 Å². The van der Waals surface area contributed by atoms with Crippen LogP contribution in [0.3, 0.4) is 0 Å². The Morgan fingerprint density at radius 3 is 3.25 bits per heavy atom. The van der Waals surface area contributed by atoms with E-state index in [4.69, 9.17) is 10.00 Å². The SMILES string of the molecule is N#Cc1cc(NCC2CCCCO2)ccn1. The molecule has 1 saturated heterocycles. The molecule has 1 aliphatic rings. The van der Waals surface area contributed by atoms with Crippen LogP contribution in [0.15, 0.2) is 18.3 Å². The summed E-state index contributed by atoms with van der Waals surface area (Å²) in [5.41, 5.74) is 1.37. The summed E-state index contributed by atoms with van der Waals surface area (Å²) in [7, 11) is 0. The highest BCUT2D eigenvalue weighted by Gasteiger charge is 2.13. The van der Waals surface area contributed by atoms with E-state index in [1.807, 2.05) is 12.1 Å². The van der Waals surface area contributed by atoms with Crippen LogP contribution in [0.4, 0.5) is 5.69 Å². The minimum atomic E-state index is 0.299. The minimum Gasteiger partial charge on any atom is -0.382 e. The van der Waals surface area contributed by atoms with Gasteiger partial charge in [0.05, 0.1) is 6.10 Å². The lowest BCUT2D eigenvalue weighted by Crippen LogP contribution is -2.26. The molecule has 1 aromatic heterocycles. The van der Waals surface area contributed by atoms with Crippen molar-refractivity contribution in [2.24, 2.45) is 0 Å². The molecule has 4 heteroatoms. The molecule has 84 valence electrons. The van der Waals surface area contributed by atoms with Crippen LogP contribution in [0.2, 0.25) is 0 Å². The quantitative estimate of drug-likeness (QED) is 0.840. The summed E-state index contributed by atoms with van der Waals surface area (Å²) < 4.78 is 5.61. The molecule has 0 saturated carbocycles. The van der Waals surface area contributed by atoms with Gasteiger partial charge in [0.25, 0.3) is 0 Å². The average molecular weight is 217 g/mol. The van der Waals surface area contributed by atoms with Gasteiger partial charge in [-0.25, -0.2) is 4.98 Å². The highest BCUT2D eigenvalue weighted by Crippen LogP contribution is 2.14. The summed E-state index contributed by atoms with van der Waals surface area (Å²) >= 11 is 0. The monoisotopic (exact) mass is 217 g/mol. The van der Waals surface area contributed by atoms with Crippen LogP contribution >= 0.6 is 0 Å². The van der Waals surface area contributed by atoms with Crippen LogP contribution in [-0.2, 0) is 4.74 Å². The van der Waals surface area contributed by atoms with Gasteiger partial charge >= 0.3 is 0 Å². The first-order valence-corrected chi connectivity index (χ1v) is 5.60. The van der Waals surface area contributed by atoms with E-state index in [1.165, 1.54) is 12.8 Å². The molecule has 4 nitrogen and oxygen atoms in total. The fourth-order valence-corrected chi connectivity index (χ4v) is 1.80. The Morgan fingerprint density at radius 1 is 1.56 bits per heavy atom. The summed E-state index contributed by atoms with van der Waals surface area (Å²) in [6, 6.07) is 5.64. The maximum absolute atomic E-state index is 8.71. The van der Waals surface area contributed by atoms with Crippen molar-refractivity contribution in [3.8, 4) is 6.07 Å². The van der Waals surface area contributed by atoms with Crippen molar-refractivity contribution in [1.29, 1.82) is 5.26 Å². The lowest BCUT2D eigenvalue weighted by atomic mass is 10.1. The molecule has 1 aliphatic heterocycles. The Balaban J connectivity index is 1.86. The molecule has 0 bridgehead atoms. The van der Waals surface area contributed by atoms with Crippen LogP contribution in [-0.4, -0.2) is 24.2 Å². The van der Waals surface area contributed by atoms with Crippen LogP contribution in [0.1, 0.15) is 25.0 Å². The van der Waals surface area contributed by atoms with E-state index in [0.29, 0.717) is 11.8 Å². The second-order valence-electron chi connectivity index (χ2n) is 3.91. The number of rotatable bonds is 3. The number of ether oxygens (including phenoxy) is 1. The highest BCUT2D eigenvalue weighted by molar-refractivity contribution is 5.45. The molecule has 1 fully saturated rings. The van der Waals surface area contributed by atoms with Gasteiger partial charge in [-0.05, 0) is 31.4 Å². The lowest BCUT2D eigenvalue weighted by Gasteiger charge is -2.23. The largest absolute Gasteiger partial charge is 0.382 e. The molecule has 0 amide bonds. The third-order valence-corrected chi connectivity index (χ3v) is 2.68. The first kappa shape index (κ1) is 10.9. The summed E-state index contributed by atoms with van der Waals surface area (Å²) in [5.74, 6) is 0. The van der Waals surface area contributed by atoms with Gasteiger partial charge in [0.1, 0.15) is 11.8 Å². The smallest absolute Gasteiger partial charge is 0.142 e. The topological polar surface area (TPSA) is 57.9 Å². The Morgan fingerprint density at radius 2 is 2.50 bits per heavy atom. The average Bonchev–Trinajstić information content (AvgIpc) is 2.38. The Labute approximate surface area is 95.3 Å². The Bertz CT molecular complexity index is 380. The van der Waals surface area contributed by atoms with Gasteiger partial charge in [0, 0.05) is 25.0 Å². The summed E-state index contributed by atoms with van der Waals surface area (Å²) in [4.78, 5) is 3.92. The molecule has 0 aliphatic carbocycles. The molecule has 1 N–H and O–H groups in total. The number of pyridine rings is 1. The summed E-state index contributed by atoms with van der Waals surface area (Å²) in [5, 5.41) is 12.0. The van der Waals surface area contributed by atoms with Crippen LogP contribution < -0.4 is 5.32 Å². The zero-order valence-electron chi connectivity index (χ0n) is 9.15. The maximum Gasteiger partial charge on any atom is 0.142 e. The van der Waals surface area contributed by atoms with Crippen molar-refractivity contribution in [2.75, 3.05) is 18.5 Å². The van der Waals surface area contributed by atoms with Gasteiger partial charge in [0.15, 0.2) is 0 Å². The predicted molar refractivity (Wildman–Crippen MR) is 61.0 cm³/mol. The third kappa shape index (κ3) is 2.94. The van der Waals surface area contributed by atoms with Gasteiger partial charge in [0.2, 0.25) is 0 Å². The summed E-state index contributed by atoms with van der Waals surface area (Å²) in [6.45, 7) is 1.67. The van der Waals surface area contributed by atoms with Gasteiger partial charge < -0.3 is 10.1 Å². The van der Waals surface area contributed by atoms with Gasteiger partial charge in [-0.15, -0.1) is 0 Å². The molecule has 2 rings (SSSR count). The van der Waals surface area contributed by atoms with Crippen molar-refractivity contribution in [2.45, 2.75) is 25.4 Å². The molecule has 2 heterocycles. The first-order chi connectivity index (χ1) is 7.88. The number of nitriles is 1. The van der Waals surface area contributed by atoms with E-state index >= 15 is 0 Å². The summed E-state index contributed by atoms with van der Waals surface area (Å²) in [6.07, 6.45) is 5.47. The zero-order valence-corrected chi connectivity index (χ0v) is 9.15. The van der Waals surface area contributed by atoms with E-state index in [-0.39, 0.29) is 0 Å². The number of aromatic nitrogens is 1. The van der Waals surface area contributed by atoms with Crippen molar-refractivity contribution in [1.82, 2.24) is 4.98 Å². The van der Waals surface area contributed by atoms with E-state index in [0.717, 1.165) is 25.3 Å². The van der Waals surface area contributed by atoms with Crippen molar-refractivity contribution >= 4 is 5.69 Å². The number of hydrogen-bond acceptors (Lipinski definition) is 4. The number of hydrogen-bond donors (Lipinski definition) is 1. The van der Waals surface area contributed by atoms with Crippen molar-refractivity contribution < 1.29 is 4.74 Å². The lowest BCUT2D eigenvalue weighted by molar-refractivity contribution is 0.0247. The van der Waals surface area contributed by atoms with Gasteiger partial charge in [-0.2, -0.15) is 5.26 Å². The van der Waals surface area contributed by atoms with Crippen LogP contribution in [0, 0.1) is 11.3 Å². The molecule has 0 spiro atoms. The molecular weight excluding hydrogens is 202 g/mol. The molecule has 1 unspecified atom stereocenters. The number of anilines is 1. The Hall–Kier alpha value is -1.60. The van der Waals surface area contributed by atoms with Gasteiger partial charge in [-0.1, -0.05) is 0 Å². The van der Waals surface area contributed by atoms with E-state index in [1.54, 1.807) is 12.3 Å². The molecule has 16 heavy (non-hydrogen) atoms. The standard InChI is InChI=1S/C12H15N3O/c13-8-11-7-10(4-5-14-11)15-9-12-3-1-2-6-16-12/h4-5,7,12H,1-3,6,9H2,(H,14,15). The van der Waals surface area contributed by atoms with Gasteiger partial charge in [-0.3, -0.25) is 0 Å². The fourth-order valence-electron chi connectivity index (χ4n) is 1.80. The first-order valence-electron chi connectivity index (χ1n) is 5.60. The minimum absolute atomic E-state index is 0.299. The van der Waals surface area contributed by atoms with Crippen molar-refractivity contribution in [3.05, 3.63) is 24.0 Å². The number of nitrogens with zero attached hydrogens (tertiary/aromatic N) is 2. The highest BCUT2D eigenvalue weighted by atomic mass is 16.5. The maximum atomic E-state index is 8.71. The molecule has 1 aromatic rings. The Kier molecular flexibility index (Phi) is 3.73. The second kappa shape index (κ2) is 5.47. The zero-order chi connectivity index (χ0) is 11.2. The van der Waals surface area contributed by atoms with E-state index in [9.17, 15) is 0 Å². The third-order valence-electron chi connectivity index (χ3n) is 2.68. The molecule has 0 aromatic carbocycles. The normalized spacial score (nSPS) is 20.1. The molecular formula is C12H15N3O. The predicted octanol–water partition coefficient (Wildman–Crippen LogP) is 1.93. The van der Waals surface area contributed by atoms with Crippen molar-refractivity contribution in [3.63, 3.8) is 0 Å². The fraction of sp³-hybridized carbons (Fsp3) is 0.500.